The molecule has 1 unspecified atom stereocenters. The standard InChI is InChI=1S/C33H52O8/c1-8-38-30(36)24(31(37)39-9-2)16-19(3)25-10-11-26-29-27(13-15-33(25,26)7)32(6)14-12-23(40-20(4)34)17-22(32)18-28(29)41-21(5)35/h19,22-29H,8-18H2,1-7H3/t19-,22?,23-,25-,26+,27+,28-,29+,32+,33-/m1/s1. The Bertz CT molecular complexity index is 976. The number of fused-ring (bicyclic) bond motifs is 5. The van der Waals surface area contributed by atoms with Crippen molar-refractivity contribution in [2.24, 2.45) is 52.3 Å². The van der Waals surface area contributed by atoms with Gasteiger partial charge in [-0.05, 0) is 112 Å². The van der Waals surface area contributed by atoms with E-state index in [-0.39, 0.29) is 60.0 Å². The minimum atomic E-state index is -0.903. The van der Waals surface area contributed by atoms with E-state index in [1.165, 1.54) is 13.8 Å². The van der Waals surface area contributed by atoms with Crippen LogP contribution in [0.1, 0.15) is 106 Å². The maximum atomic E-state index is 12.8. The fourth-order valence-electron chi connectivity index (χ4n) is 10.1. The topological polar surface area (TPSA) is 105 Å². The number of carbonyl (C=O) groups excluding carboxylic acids is 4. The fraction of sp³-hybridized carbons (Fsp3) is 0.879. The Morgan fingerprint density at radius 3 is 1.95 bits per heavy atom. The van der Waals surface area contributed by atoms with E-state index in [0.29, 0.717) is 30.1 Å². The predicted octanol–water partition coefficient (Wildman–Crippen LogP) is 5.89. The number of hydrogen-bond donors (Lipinski definition) is 0. The van der Waals surface area contributed by atoms with E-state index in [9.17, 15) is 19.2 Å². The third-order valence-electron chi connectivity index (χ3n) is 11.8. The number of rotatable bonds is 9. The minimum Gasteiger partial charge on any atom is -0.465 e. The Labute approximate surface area is 245 Å². The molecule has 4 saturated carbocycles. The van der Waals surface area contributed by atoms with Crippen LogP contribution in [0.2, 0.25) is 0 Å². The van der Waals surface area contributed by atoms with Gasteiger partial charge in [-0.1, -0.05) is 20.8 Å². The second-order valence-corrected chi connectivity index (χ2v) is 13.9. The summed E-state index contributed by atoms with van der Waals surface area (Å²) in [7, 11) is 0. The minimum absolute atomic E-state index is 0.0327. The van der Waals surface area contributed by atoms with Crippen LogP contribution in [0, 0.1) is 52.3 Å². The molecule has 4 rings (SSSR count). The molecule has 232 valence electrons. The van der Waals surface area contributed by atoms with Crippen molar-refractivity contribution in [3.63, 3.8) is 0 Å². The molecule has 0 aromatic heterocycles. The number of ether oxygens (including phenoxy) is 4. The highest BCUT2D eigenvalue weighted by Gasteiger charge is 2.64. The zero-order valence-corrected chi connectivity index (χ0v) is 26.2. The second kappa shape index (κ2) is 12.6. The van der Waals surface area contributed by atoms with Crippen LogP contribution in [0.3, 0.4) is 0 Å². The molecule has 8 nitrogen and oxygen atoms in total. The lowest BCUT2D eigenvalue weighted by Crippen LogP contribution is -2.59. The first-order chi connectivity index (χ1) is 19.3. The van der Waals surface area contributed by atoms with E-state index < -0.39 is 17.9 Å². The van der Waals surface area contributed by atoms with Crippen molar-refractivity contribution in [3.05, 3.63) is 0 Å². The van der Waals surface area contributed by atoms with Crippen molar-refractivity contribution < 1.29 is 38.1 Å². The van der Waals surface area contributed by atoms with Gasteiger partial charge in [-0.25, -0.2) is 0 Å². The van der Waals surface area contributed by atoms with E-state index >= 15 is 0 Å². The van der Waals surface area contributed by atoms with Gasteiger partial charge >= 0.3 is 23.9 Å². The average Bonchev–Trinajstić information content (AvgIpc) is 3.24. The Morgan fingerprint density at radius 1 is 0.780 bits per heavy atom. The van der Waals surface area contributed by atoms with Crippen molar-refractivity contribution in [1.29, 1.82) is 0 Å². The molecule has 10 atom stereocenters. The quantitative estimate of drug-likeness (QED) is 0.190. The Hall–Kier alpha value is -2.12. The summed E-state index contributed by atoms with van der Waals surface area (Å²) in [6, 6.07) is 0. The molecule has 4 aliphatic rings. The Kier molecular flexibility index (Phi) is 9.80. The van der Waals surface area contributed by atoms with Crippen LogP contribution in [0.25, 0.3) is 0 Å². The van der Waals surface area contributed by atoms with Crippen molar-refractivity contribution in [2.75, 3.05) is 13.2 Å². The van der Waals surface area contributed by atoms with Gasteiger partial charge in [-0.3, -0.25) is 19.2 Å². The van der Waals surface area contributed by atoms with E-state index in [1.807, 2.05) is 0 Å². The third-order valence-corrected chi connectivity index (χ3v) is 11.8. The first kappa shape index (κ1) is 31.8. The van der Waals surface area contributed by atoms with Gasteiger partial charge in [0.15, 0.2) is 5.92 Å². The summed E-state index contributed by atoms with van der Waals surface area (Å²) in [6.45, 7) is 14.0. The summed E-state index contributed by atoms with van der Waals surface area (Å²) < 4.78 is 22.3. The van der Waals surface area contributed by atoms with Gasteiger partial charge < -0.3 is 18.9 Å². The lowest BCUT2D eigenvalue weighted by Gasteiger charge is -2.62. The van der Waals surface area contributed by atoms with Crippen LogP contribution in [-0.4, -0.2) is 49.3 Å². The molecule has 0 spiro atoms. The van der Waals surface area contributed by atoms with Gasteiger partial charge in [0.05, 0.1) is 13.2 Å². The van der Waals surface area contributed by atoms with E-state index in [4.69, 9.17) is 18.9 Å². The van der Waals surface area contributed by atoms with Crippen molar-refractivity contribution in [2.45, 2.75) is 118 Å². The molecular weight excluding hydrogens is 524 g/mol. The van der Waals surface area contributed by atoms with Crippen molar-refractivity contribution in [1.82, 2.24) is 0 Å². The summed E-state index contributed by atoms with van der Waals surface area (Å²) in [6.07, 6.45) is 8.03. The SMILES string of the molecule is CCOC(=O)C(C[C@@H](C)[C@H]1CC[C@H]2[C@@H]3[C@H](OC(C)=O)CC4C[C@H](OC(C)=O)CC[C@]4(C)[C@H]3CC[C@]12C)C(=O)OCC. The first-order valence-electron chi connectivity index (χ1n) is 16.0. The van der Waals surface area contributed by atoms with Gasteiger partial charge in [-0.15, -0.1) is 0 Å². The van der Waals surface area contributed by atoms with Gasteiger partial charge in [0.25, 0.3) is 0 Å². The normalized spacial score (nSPS) is 38.6. The molecule has 0 aliphatic heterocycles. The number of esters is 4. The summed E-state index contributed by atoms with van der Waals surface area (Å²) in [5.41, 5.74) is 0.160. The van der Waals surface area contributed by atoms with Gasteiger partial charge in [-0.2, -0.15) is 0 Å². The van der Waals surface area contributed by atoms with Crippen LogP contribution in [-0.2, 0) is 38.1 Å². The van der Waals surface area contributed by atoms with E-state index in [0.717, 1.165) is 51.4 Å². The van der Waals surface area contributed by atoms with Crippen LogP contribution >= 0.6 is 0 Å². The molecule has 0 heterocycles. The molecule has 0 bridgehead atoms. The highest BCUT2D eigenvalue weighted by molar-refractivity contribution is 5.94. The Morgan fingerprint density at radius 2 is 1.37 bits per heavy atom. The van der Waals surface area contributed by atoms with Crippen molar-refractivity contribution >= 4 is 23.9 Å². The maximum Gasteiger partial charge on any atom is 0.320 e. The maximum absolute atomic E-state index is 12.8. The molecule has 4 aliphatic carbocycles. The van der Waals surface area contributed by atoms with Crippen LogP contribution < -0.4 is 0 Å². The van der Waals surface area contributed by atoms with Gasteiger partial charge in [0.2, 0.25) is 0 Å². The molecule has 0 amide bonds. The summed E-state index contributed by atoms with van der Waals surface area (Å²) in [5, 5.41) is 0. The van der Waals surface area contributed by atoms with E-state index in [2.05, 4.69) is 20.8 Å². The van der Waals surface area contributed by atoms with Gasteiger partial charge in [0.1, 0.15) is 12.2 Å². The molecule has 0 aromatic carbocycles. The molecule has 4 fully saturated rings. The van der Waals surface area contributed by atoms with Crippen LogP contribution in [0.5, 0.6) is 0 Å². The summed E-state index contributed by atoms with van der Waals surface area (Å²) in [5.74, 6) is -0.370. The zero-order valence-electron chi connectivity index (χ0n) is 26.2. The zero-order chi connectivity index (χ0) is 30.1. The lowest BCUT2D eigenvalue weighted by molar-refractivity contribution is -0.197. The summed E-state index contributed by atoms with van der Waals surface area (Å²) >= 11 is 0. The van der Waals surface area contributed by atoms with Crippen LogP contribution in [0.15, 0.2) is 0 Å². The average molecular weight is 577 g/mol. The molecule has 0 aromatic rings. The number of carbonyl (C=O) groups is 4. The smallest absolute Gasteiger partial charge is 0.320 e. The predicted molar refractivity (Wildman–Crippen MR) is 152 cm³/mol. The molecule has 8 heteroatoms. The fourth-order valence-corrected chi connectivity index (χ4v) is 10.1. The summed E-state index contributed by atoms with van der Waals surface area (Å²) in [4.78, 5) is 49.6. The monoisotopic (exact) mass is 576 g/mol. The second-order valence-electron chi connectivity index (χ2n) is 13.9. The molecule has 0 radical (unpaired) electrons. The highest BCUT2D eigenvalue weighted by Crippen LogP contribution is 2.69. The molecule has 0 N–H and O–H groups in total. The van der Waals surface area contributed by atoms with Gasteiger partial charge in [0, 0.05) is 19.8 Å². The first-order valence-corrected chi connectivity index (χ1v) is 16.0. The third kappa shape index (κ3) is 6.17. The Balaban J connectivity index is 1.57. The largest absolute Gasteiger partial charge is 0.465 e. The van der Waals surface area contributed by atoms with E-state index in [1.54, 1.807) is 13.8 Å². The molecule has 0 saturated heterocycles. The highest BCUT2D eigenvalue weighted by atomic mass is 16.6. The lowest BCUT2D eigenvalue weighted by atomic mass is 9.43. The molecular formula is C33H52O8. The van der Waals surface area contributed by atoms with Crippen molar-refractivity contribution in [3.8, 4) is 0 Å². The number of hydrogen-bond acceptors (Lipinski definition) is 8. The molecule has 41 heavy (non-hydrogen) atoms. The van der Waals surface area contributed by atoms with Crippen LogP contribution in [0.4, 0.5) is 0 Å².